The number of hydrogen-bond acceptors (Lipinski definition) is 4. The predicted octanol–water partition coefficient (Wildman–Crippen LogP) is 7.20. The molecule has 0 saturated heterocycles. The molecule has 5 rings (SSSR count). The van der Waals surface area contributed by atoms with Crippen molar-refractivity contribution < 1.29 is 22.8 Å². The van der Waals surface area contributed by atoms with Gasteiger partial charge in [-0.2, -0.15) is 18.3 Å². The number of aryl methyl sites for hydroxylation is 1. The highest BCUT2D eigenvalue weighted by atomic mass is 35.5. The topological polar surface area (TPSA) is 88.9 Å². The predicted molar refractivity (Wildman–Crippen MR) is 159 cm³/mol. The van der Waals surface area contributed by atoms with Gasteiger partial charge in [0.15, 0.2) is 0 Å². The van der Waals surface area contributed by atoms with Crippen molar-refractivity contribution in [2.45, 2.75) is 19.0 Å². The zero-order valence-corrected chi connectivity index (χ0v) is 23.6. The van der Waals surface area contributed by atoms with E-state index in [4.69, 9.17) is 16.7 Å². The molecule has 43 heavy (non-hydrogen) atoms. The number of hydrogen-bond donors (Lipinski definition) is 2. The number of nitrogens with zero attached hydrogens (tertiary/aromatic N) is 3. The lowest BCUT2D eigenvalue weighted by molar-refractivity contribution is -0.137. The van der Waals surface area contributed by atoms with Crippen LogP contribution in [0.15, 0.2) is 97.3 Å². The first-order valence-corrected chi connectivity index (χ1v) is 13.6. The van der Waals surface area contributed by atoms with Crippen molar-refractivity contribution in [1.82, 2.24) is 20.1 Å². The van der Waals surface area contributed by atoms with Gasteiger partial charge in [0.1, 0.15) is 0 Å². The summed E-state index contributed by atoms with van der Waals surface area (Å²) >= 11 is 6.09. The smallest absolute Gasteiger partial charge is 0.359 e. The summed E-state index contributed by atoms with van der Waals surface area (Å²) in [5.74, 6) is -0.476. The van der Waals surface area contributed by atoms with Gasteiger partial charge in [0.2, 0.25) is 5.91 Å². The van der Waals surface area contributed by atoms with Crippen molar-refractivity contribution in [2.75, 3.05) is 12.4 Å². The van der Waals surface area contributed by atoms with Crippen LogP contribution in [-0.4, -0.2) is 33.6 Å². The van der Waals surface area contributed by atoms with Crippen LogP contribution in [0, 0.1) is 0 Å². The Kier molecular flexibility index (Phi) is 8.58. The number of anilines is 1. The van der Waals surface area contributed by atoms with Crippen LogP contribution in [0.3, 0.4) is 0 Å². The van der Waals surface area contributed by atoms with E-state index in [1.807, 2.05) is 30.3 Å². The number of halogens is 4. The fourth-order valence-corrected chi connectivity index (χ4v) is 4.66. The molecule has 0 bridgehead atoms. The molecule has 2 aromatic heterocycles. The van der Waals surface area contributed by atoms with E-state index < -0.39 is 11.7 Å². The second kappa shape index (κ2) is 12.5. The lowest BCUT2D eigenvalue weighted by Gasteiger charge is -2.11. The van der Waals surface area contributed by atoms with Gasteiger partial charge in [-0.25, -0.2) is 4.68 Å². The van der Waals surface area contributed by atoms with Crippen molar-refractivity contribution in [2.24, 2.45) is 0 Å². The van der Waals surface area contributed by atoms with E-state index in [1.54, 1.807) is 36.0 Å². The normalized spacial score (nSPS) is 11.3. The number of aromatic nitrogens is 3. The molecule has 0 spiro atoms. The molecular formula is C32H25ClF3N5O2. The molecule has 0 aliphatic carbocycles. The van der Waals surface area contributed by atoms with Crippen molar-refractivity contribution in [3.05, 3.63) is 119 Å². The fraction of sp³-hybridized carbons (Fsp3) is 0.125. The van der Waals surface area contributed by atoms with Gasteiger partial charge < -0.3 is 10.6 Å². The van der Waals surface area contributed by atoms with E-state index in [0.717, 1.165) is 29.0 Å². The molecule has 7 nitrogen and oxygen atoms in total. The average molecular weight is 604 g/mol. The summed E-state index contributed by atoms with van der Waals surface area (Å²) in [5, 5.41) is 10.4. The van der Waals surface area contributed by atoms with Crippen molar-refractivity contribution in [3.63, 3.8) is 0 Å². The number of rotatable bonds is 8. The number of alkyl halides is 3. The van der Waals surface area contributed by atoms with Gasteiger partial charge in [-0.15, -0.1) is 0 Å². The van der Waals surface area contributed by atoms with Crippen LogP contribution in [0.25, 0.3) is 28.1 Å². The quantitative estimate of drug-likeness (QED) is 0.196. The summed E-state index contributed by atoms with van der Waals surface area (Å²) in [6.07, 6.45) is -0.822. The summed E-state index contributed by atoms with van der Waals surface area (Å²) in [7, 11) is 1.58. The minimum atomic E-state index is -4.40. The summed E-state index contributed by atoms with van der Waals surface area (Å²) in [4.78, 5) is 28.4. The Morgan fingerprint density at radius 3 is 2.12 bits per heavy atom. The summed E-state index contributed by atoms with van der Waals surface area (Å²) in [5.41, 5.74) is 4.57. The Balaban J connectivity index is 1.42. The molecule has 0 fully saturated rings. The fourth-order valence-electron chi connectivity index (χ4n) is 4.45. The van der Waals surface area contributed by atoms with Gasteiger partial charge >= 0.3 is 6.18 Å². The number of benzene rings is 3. The van der Waals surface area contributed by atoms with E-state index in [9.17, 15) is 22.8 Å². The highest BCUT2D eigenvalue weighted by Crippen LogP contribution is 2.32. The van der Waals surface area contributed by atoms with Crippen molar-refractivity contribution >= 4 is 29.1 Å². The number of amides is 2. The van der Waals surface area contributed by atoms with Gasteiger partial charge in [0, 0.05) is 43.5 Å². The molecule has 218 valence electrons. The van der Waals surface area contributed by atoms with E-state index in [1.165, 1.54) is 30.6 Å². The van der Waals surface area contributed by atoms with E-state index in [0.29, 0.717) is 34.6 Å². The first-order chi connectivity index (χ1) is 20.6. The summed E-state index contributed by atoms with van der Waals surface area (Å²) in [6.45, 7) is 0. The zero-order valence-electron chi connectivity index (χ0n) is 22.8. The molecule has 5 aromatic rings. The Morgan fingerprint density at radius 2 is 1.51 bits per heavy atom. The van der Waals surface area contributed by atoms with Crippen molar-refractivity contribution in [1.29, 1.82) is 0 Å². The van der Waals surface area contributed by atoms with Crippen LogP contribution in [0.4, 0.5) is 18.9 Å². The van der Waals surface area contributed by atoms with Crippen LogP contribution in [0.1, 0.15) is 28.0 Å². The Hall–Kier alpha value is -4.96. The minimum Gasteiger partial charge on any atom is -0.359 e. The second-order valence-electron chi connectivity index (χ2n) is 9.61. The van der Waals surface area contributed by atoms with Gasteiger partial charge in [0.05, 0.1) is 33.2 Å². The first kappa shape index (κ1) is 29.5. The van der Waals surface area contributed by atoms with Crippen molar-refractivity contribution in [3.8, 4) is 28.1 Å². The molecule has 0 atom stereocenters. The molecule has 0 aliphatic heterocycles. The summed E-state index contributed by atoms with van der Waals surface area (Å²) < 4.78 is 40.7. The largest absolute Gasteiger partial charge is 0.416 e. The number of nitrogens with one attached hydrogen (secondary N) is 2. The Bertz CT molecular complexity index is 1750. The molecule has 11 heteroatoms. The molecule has 0 aliphatic rings. The van der Waals surface area contributed by atoms with Gasteiger partial charge in [0.25, 0.3) is 5.91 Å². The SMILES string of the molecule is CNC(=O)CCc1cc(-c2ccc(-c3ccc(C(F)(F)F)cc3)cc2)n(-c2ccc(NC(=O)c3ccncc3Cl)cc2)n1. The minimum absolute atomic E-state index is 0.105. The Morgan fingerprint density at radius 1 is 0.884 bits per heavy atom. The maximum absolute atomic E-state index is 13.0. The third-order valence-corrected chi connectivity index (χ3v) is 7.06. The van der Waals surface area contributed by atoms with Crippen LogP contribution in [0.2, 0.25) is 5.02 Å². The molecule has 2 amide bonds. The standard InChI is InChI=1S/C32H25ClF3N5O2/c1-37-30(42)15-12-25-18-29(22-4-2-20(3-5-22)21-6-8-23(9-7-21)32(34,35)36)41(40-25)26-13-10-24(11-14-26)39-31(43)27-16-17-38-19-28(27)33/h2-11,13-14,16-19H,12,15H2,1H3,(H,37,42)(H,39,43). The number of carbonyl (C=O) groups excluding carboxylic acids is 2. The molecule has 0 radical (unpaired) electrons. The maximum Gasteiger partial charge on any atom is 0.416 e. The van der Waals surface area contributed by atoms with E-state index >= 15 is 0 Å². The number of carbonyl (C=O) groups is 2. The monoisotopic (exact) mass is 603 g/mol. The zero-order chi connectivity index (χ0) is 30.6. The van der Waals surface area contributed by atoms with Gasteiger partial charge in [-0.3, -0.25) is 14.6 Å². The second-order valence-corrected chi connectivity index (χ2v) is 10.0. The third-order valence-electron chi connectivity index (χ3n) is 6.76. The van der Waals surface area contributed by atoms with Crippen LogP contribution in [-0.2, 0) is 17.4 Å². The molecule has 2 heterocycles. The summed E-state index contributed by atoms with van der Waals surface area (Å²) in [6, 6.07) is 23.0. The van der Waals surface area contributed by atoms with Crippen LogP contribution < -0.4 is 10.6 Å². The highest BCUT2D eigenvalue weighted by Gasteiger charge is 2.30. The molecule has 3 aromatic carbocycles. The molecular weight excluding hydrogens is 579 g/mol. The lowest BCUT2D eigenvalue weighted by atomic mass is 10.0. The first-order valence-electron chi connectivity index (χ1n) is 13.2. The van der Waals surface area contributed by atoms with Crippen LogP contribution >= 0.6 is 11.6 Å². The Labute approximate surface area is 250 Å². The van der Waals surface area contributed by atoms with Crippen LogP contribution in [0.5, 0.6) is 0 Å². The van der Waals surface area contributed by atoms with Gasteiger partial charge in [-0.1, -0.05) is 48.0 Å². The average Bonchev–Trinajstić information content (AvgIpc) is 3.44. The highest BCUT2D eigenvalue weighted by molar-refractivity contribution is 6.34. The van der Waals surface area contributed by atoms with Gasteiger partial charge in [-0.05, 0) is 59.7 Å². The molecule has 0 unspecified atom stereocenters. The lowest BCUT2D eigenvalue weighted by Crippen LogP contribution is -2.18. The maximum atomic E-state index is 13.0. The van der Waals surface area contributed by atoms with E-state index in [-0.39, 0.29) is 23.3 Å². The molecule has 0 saturated carbocycles. The van der Waals surface area contributed by atoms with E-state index in [2.05, 4.69) is 15.6 Å². The number of pyridine rings is 1. The molecule has 2 N–H and O–H groups in total. The third kappa shape index (κ3) is 6.92.